The first-order valence-electron chi connectivity index (χ1n) is 5.81. The first kappa shape index (κ1) is 15.0. The number of hydrogen-bond donors (Lipinski definition) is 1. The molecule has 1 N–H and O–H groups in total. The van der Waals surface area contributed by atoms with Gasteiger partial charge in [-0.2, -0.15) is 0 Å². The number of rotatable bonds is 0. The molecule has 2 aliphatic heterocycles. The van der Waals surface area contributed by atoms with Crippen LogP contribution >= 0.6 is 20.7 Å². The first-order chi connectivity index (χ1) is 7.36. The highest BCUT2D eigenvalue weighted by Crippen LogP contribution is 2.26. The van der Waals surface area contributed by atoms with E-state index in [2.05, 4.69) is 23.4 Å². The lowest BCUT2D eigenvalue weighted by atomic mass is 10.1. The summed E-state index contributed by atoms with van der Waals surface area (Å²) in [5, 5.41) is 3.40. The zero-order chi connectivity index (χ0) is 11.7. The molecule has 0 aromatic heterocycles. The average molecular weight is 322 g/mol. The minimum atomic E-state index is 0.127. The molecule has 2 aliphatic rings. The van der Waals surface area contributed by atoms with E-state index < -0.39 is 0 Å². The van der Waals surface area contributed by atoms with E-state index in [4.69, 9.17) is 0 Å². The van der Waals surface area contributed by atoms with Crippen LogP contribution < -0.4 is 5.32 Å². The Morgan fingerprint density at radius 1 is 1.27 bits per heavy atom. The Balaban J connectivity index is 0.000000442. The summed E-state index contributed by atoms with van der Waals surface area (Å²) < 4.78 is 3.01. The van der Waals surface area contributed by atoms with Crippen LogP contribution in [-0.2, 0) is 0 Å². The summed E-state index contributed by atoms with van der Waals surface area (Å²) in [7, 11) is 0. The molecule has 15 heavy (non-hydrogen) atoms. The molecule has 88 valence electrons. The Hall–Kier alpha value is -0.0300. The van der Waals surface area contributed by atoms with Crippen molar-refractivity contribution in [3.05, 3.63) is 9.15 Å². The Labute approximate surface area is 104 Å². The summed E-state index contributed by atoms with van der Waals surface area (Å²) in [5.74, 6) is 0. The number of halogens is 1. The standard InChI is InChI=1S/C8H11IN2.2C2H6/c1-6-9-8-5-10-3-2-7(8)4-11-6;2*1-2/h4,10H,2-3,5H2,1H3;2*1-2H3. The summed E-state index contributed by atoms with van der Waals surface area (Å²) in [5.41, 5.74) is 1.52. The van der Waals surface area contributed by atoms with Gasteiger partial charge in [0.05, 0.1) is 3.63 Å². The lowest BCUT2D eigenvalue weighted by Gasteiger charge is -2.18. The van der Waals surface area contributed by atoms with Crippen molar-refractivity contribution in [2.24, 2.45) is 4.99 Å². The van der Waals surface area contributed by atoms with E-state index in [1.165, 1.54) is 15.6 Å². The first-order valence-corrected chi connectivity index (χ1v) is 7.97. The Bertz CT molecular complexity index is 265. The van der Waals surface area contributed by atoms with Gasteiger partial charge in [-0.15, -0.1) is 0 Å². The van der Waals surface area contributed by atoms with E-state index in [1.54, 1.807) is 3.58 Å². The lowest BCUT2D eigenvalue weighted by molar-refractivity contribution is 0.716. The second-order valence-corrected chi connectivity index (χ2v) is 6.11. The monoisotopic (exact) mass is 322 g/mol. The third kappa shape index (κ3) is 5.02. The molecule has 3 heteroatoms. The maximum absolute atomic E-state index is 4.37. The van der Waals surface area contributed by atoms with Gasteiger partial charge in [-0.3, -0.25) is 4.99 Å². The van der Waals surface area contributed by atoms with Crippen molar-refractivity contribution in [1.29, 1.82) is 0 Å². The van der Waals surface area contributed by atoms with E-state index in [0.29, 0.717) is 0 Å². The van der Waals surface area contributed by atoms with Crippen LogP contribution in [0.15, 0.2) is 14.1 Å². The molecule has 0 aromatic carbocycles. The fourth-order valence-corrected chi connectivity index (χ4v) is 3.69. The smallest absolute Gasteiger partial charge is 0.0701 e. The summed E-state index contributed by atoms with van der Waals surface area (Å²) in [6.45, 7) is 12.4. The van der Waals surface area contributed by atoms with Crippen molar-refractivity contribution in [2.45, 2.75) is 41.0 Å². The molecular weight excluding hydrogens is 299 g/mol. The van der Waals surface area contributed by atoms with Crippen LogP contribution in [0, 0.1) is 0 Å². The van der Waals surface area contributed by atoms with Crippen molar-refractivity contribution in [1.82, 2.24) is 5.32 Å². The van der Waals surface area contributed by atoms with Crippen LogP contribution in [0.2, 0.25) is 0 Å². The third-order valence-electron chi connectivity index (χ3n) is 1.85. The Morgan fingerprint density at radius 2 is 1.93 bits per heavy atom. The van der Waals surface area contributed by atoms with Gasteiger partial charge < -0.3 is 5.32 Å². The van der Waals surface area contributed by atoms with Gasteiger partial charge in [0.1, 0.15) is 0 Å². The maximum Gasteiger partial charge on any atom is 0.0701 e. The molecule has 0 unspecified atom stereocenters. The van der Waals surface area contributed by atoms with Gasteiger partial charge in [0, 0.05) is 16.3 Å². The van der Waals surface area contributed by atoms with E-state index >= 15 is 0 Å². The van der Waals surface area contributed by atoms with Gasteiger partial charge in [0.2, 0.25) is 0 Å². The zero-order valence-electron chi connectivity index (χ0n) is 10.5. The van der Waals surface area contributed by atoms with Crippen LogP contribution in [0.4, 0.5) is 0 Å². The quantitative estimate of drug-likeness (QED) is 0.678. The topological polar surface area (TPSA) is 24.4 Å². The Morgan fingerprint density at radius 3 is 2.60 bits per heavy atom. The minimum absolute atomic E-state index is 0.127. The number of nitrogens with zero attached hydrogens (tertiary/aromatic N) is 1. The van der Waals surface area contributed by atoms with Crippen molar-refractivity contribution < 1.29 is 0 Å². The van der Waals surface area contributed by atoms with Crippen LogP contribution in [-0.4, -0.2) is 22.9 Å². The fraction of sp³-hybridized carbons (Fsp3) is 0.667. The van der Waals surface area contributed by atoms with E-state index in [1.807, 2.05) is 27.7 Å². The Kier molecular flexibility index (Phi) is 9.20. The molecule has 2 nitrogen and oxygen atoms in total. The summed E-state index contributed by atoms with van der Waals surface area (Å²) in [6.07, 6.45) is 3.25. The normalized spacial score (nSPS) is 18.3. The minimum Gasteiger partial charge on any atom is -0.312 e. The summed E-state index contributed by atoms with van der Waals surface area (Å²) >= 11 is 0.127. The molecule has 0 fully saturated rings. The molecule has 0 saturated heterocycles. The van der Waals surface area contributed by atoms with Gasteiger partial charge in [-0.1, -0.05) is 48.4 Å². The second-order valence-electron chi connectivity index (χ2n) is 2.71. The number of nitrogens with one attached hydrogen (secondary N) is 1. The van der Waals surface area contributed by atoms with Crippen molar-refractivity contribution in [3.8, 4) is 0 Å². The highest BCUT2D eigenvalue weighted by Gasteiger charge is 2.11. The highest BCUT2D eigenvalue weighted by molar-refractivity contribution is 14.2. The summed E-state index contributed by atoms with van der Waals surface area (Å²) in [6, 6.07) is 0. The van der Waals surface area contributed by atoms with Gasteiger partial charge >= 0.3 is 0 Å². The maximum atomic E-state index is 4.37. The molecular formula is C12H23IN2. The van der Waals surface area contributed by atoms with Gasteiger partial charge in [0.15, 0.2) is 0 Å². The molecule has 0 amide bonds. The van der Waals surface area contributed by atoms with Gasteiger partial charge in [-0.05, 0) is 25.5 Å². The number of hydrogen-bond acceptors (Lipinski definition) is 2. The van der Waals surface area contributed by atoms with Crippen LogP contribution in [0.3, 0.4) is 0 Å². The average Bonchev–Trinajstić information content (AvgIpc) is 2.34. The predicted octanol–water partition coefficient (Wildman–Crippen LogP) is 3.49. The van der Waals surface area contributed by atoms with Gasteiger partial charge in [0.25, 0.3) is 0 Å². The predicted molar refractivity (Wildman–Crippen MR) is 80.4 cm³/mol. The van der Waals surface area contributed by atoms with Crippen molar-refractivity contribution >= 4 is 30.6 Å². The van der Waals surface area contributed by atoms with Gasteiger partial charge in [-0.25, -0.2) is 0 Å². The number of aliphatic imine (C=N–C) groups is 1. The van der Waals surface area contributed by atoms with E-state index in [-0.39, 0.29) is 20.7 Å². The molecule has 0 bridgehead atoms. The zero-order valence-corrected chi connectivity index (χ0v) is 12.7. The fourth-order valence-electron chi connectivity index (χ4n) is 1.26. The molecule has 0 aromatic rings. The molecule has 0 radical (unpaired) electrons. The van der Waals surface area contributed by atoms with E-state index in [9.17, 15) is 0 Å². The van der Waals surface area contributed by atoms with Crippen LogP contribution in [0.1, 0.15) is 41.0 Å². The lowest BCUT2D eigenvalue weighted by Crippen LogP contribution is -2.24. The third-order valence-corrected chi connectivity index (χ3v) is 4.63. The van der Waals surface area contributed by atoms with Crippen LogP contribution in [0.25, 0.3) is 0 Å². The van der Waals surface area contributed by atoms with Crippen molar-refractivity contribution in [3.63, 3.8) is 0 Å². The second kappa shape index (κ2) is 9.21. The SMILES string of the molecule is CC.CC.CC1=IC2=C(C=N1)CCNC2. The van der Waals surface area contributed by atoms with Crippen molar-refractivity contribution in [2.75, 3.05) is 13.1 Å². The molecule has 0 saturated carbocycles. The van der Waals surface area contributed by atoms with Crippen LogP contribution in [0.5, 0.6) is 0 Å². The van der Waals surface area contributed by atoms with E-state index in [0.717, 1.165) is 13.1 Å². The molecule has 0 atom stereocenters. The highest BCUT2D eigenvalue weighted by atomic mass is 127. The molecule has 2 heterocycles. The largest absolute Gasteiger partial charge is 0.312 e. The summed E-state index contributed by atoms with van der Waals surface area (Å²) in [4.78, 5) is 4.37. The molecule has 0 spiro atoms. The molecule has 0 aliphatic carbocycles. The molecule has 2 rings (SSSR count).